The van der Waals surface area contributed by atoms with Gasteiger partial charge in [0.25, 0.3) is 0 Å². The molecule has 3 nitrogen and oxygen atoms in total. The van der Waals surface area contributed by atoms with Crippen LogP contribution >= 0.6 is 11.3 Å². The van der Waals surface area contributed by atoms with Crippen LogP contribution in [0.4, 0.5) is 0 Å². The Hall–Kier alpha value is -1.13. The van der Waals surface area contributed by atoms with Crippen molar-refractivity contribution in [2.75, 3.05) is 0 Å². The van der Waals surface area contributed by atoms with E-state index in [-0.39, 0.29) is 0 Å². The van der Waals surface area contributed by atoms with E-state index in [0.717, 1.165) is 6.54 Å². The van der Waals surface area contributed by atoms with Gasteiger partial charge in [-0.05, 0) is 39.0 Å². The number of rotatable bonds is 5. The largest absolute Gasteiger partial charge is 0.305 e. The van der Waals surface area contributed by atoms with E-state index in [1.807, 2.05) is 34.5 Å². The minimum absolute atomic E-state index is 0.402. The summed E-state index contributed by atoms with van der Waals surface area (Å²) < 4.78 is 1.96. The van der Waals surface area contributed by atoms with Gasteiger partial charge in [0, 0.05) is 34.2 Å². The van der Waals surface area contributed by atoms with Gasteiger partial charge in [-0.3, -0.25) is 4.68 Å². The van der Waals surface area contributed by atoms with Crippen LogP contribution in [0.15, 0.2) is 30.6 Å². The molecule has 0 aromatic carbocycles. The molecule has 2 aromatic heterocycles. The summed E-state index contributed by atoms with van der Waals surface area (Å²) in [6.45, 7) is 7.46. The van der Waals surface area contributed by atoms with Gasteiger partial charge in [0.05, 0.1) is 6.54 Å². The monoisotopic (exact) mass is 249 g/mol. The molecule has 4 heteroatoms. The first-order valence-electron chi connectivity index (χ1n) is 5.95. The van der Waals surface area contributed by atoms with Gasteiger partial charge in [0.1, 0.15) is 0 Å². The molecule has 92 valence electrons. The Bertz CT molecular complexity index is 447. The zero-order valence-corrected chi connectivity index (χ0v) is 11.4. The predicted molar refractivity (Wildman–Crippen MR) is 72.3 cm³/mol. The molecule has 0 aliphatic carbocycles. The third kappa shape index (κ3) is 3.41. The number of aromatic nitrogens is 2. The Kier molecular flexibility index (Phi) is 3.97. The van der Waals surface area contributed by atoms with E-state index in [0.29, 0.717) is 12.1 Å². The summed E-state index contributed by atoms with van der Waals surface area (Å²) in [7, 11) is 0. The zero-order chi connectivity index (χ0) is 12.3. The number of hydrogen-bond acceptors (Lipinski definition) is 3. The van der Waals surface area contributed by atoms with E-state index >= 15 is 0 Å². The highest BCUT2D eigenvalue weighted by molar-refractivity contribution is 7.12. The van der Waals surface area contributed by atoms with Crippen molar-refractivity contribution in [3.63, 3.8) is 0 Å². The summed E-state index contributed by atoms with van der Waals surface area (Å²) >= 11 is 1.86. The number of nitrogens with one attached hydrogen (secondary N) is 1. The van der Waals surface area contributed by atoms with Crippen molar-refractivity contribution in [2.24, 2.45) is 0 Å². The fourth-order valence-corrected chi connectivity index (χ4v) is 2.83. The number of aryl methyl sites for hydroxylation is 1. The quantitative estimate of drug-likeness (QED) is 0.883. The molecule has 0 saturated carbocycles. The molecular weight excluding hydrogens is 230 g/mol. The maximum atomic E-state index is 4.22. The van der Waals surface area contributed by atoms with E-state index in [1.54, 1.807) is 0 Å². The van der Waals surface area contributed by atoms with Crippen LogP contribution in [0, 0.1) is 6.92 Å². The highest BCUT2D eigenvalue weighted by Crippen LogP contribution is 2.22. The normalized spacial score (nSPS) is 14.8. The molecule has 0 aliphatic rings. The molecule has 0 spiro atoms. The van der Waals surface area contributed by atoms with E-state index in [4.69, 9.17) is 0 Å². The van der Waals surface area contributed by atoms with Gasteiger partial charge in [-0.2, -0.15) is 5.10 Å². The molecule has 2 unspecified atom stereocenters. The summed E-state index contributed by atoms with van der Waals surface area (Å²) in [4.78, 5) is 2.77. The Morgan fingerprint density at radius 2 is 2.24 bits per heavy atom. The van der Waals surface area contributed by atoms with Gasteiger partial charge >= 0.3 is 0 Å². The second kappa shape index (κ2) is 5.47. The van der Waals surface area contributed by atoms with Crippen molar-refractivity contribution in [3.05, 3.63) is 40.3 Å². The lowest BCUT2D eigenvalue weighted by molar-refractivity contribution is 0.415. The van der Waals surface area contributed by atoms with E-state index in [1.165, 1.54) is 9.75 Å². The molecule has 0 bridgehead atoms. The maximum Gasteiger partial charge on any atom is 0.0560 e. The zero-order valence-electron chi connectivity index (χ0n) is 10.6. The minimum atomic E-state index is 0.402. The van der Waals surface area contributed by atoms with Gasteiger partial charge in [-0.15, -0.1) is 11.3 Å². The van der Waals surface area contributed by atoms with Crippen LogP contribution < -0.4 is 5.32 Å². The van der Waals surface area contributed by atoms with Gasteiger partial charge in [0.2, 0.25) is 0 Å². The van der Waals surface area contributed by atoms with E-state index < -0.39 is 0 Å². The van der Waals surface area contributed by atoms with Crippen LogP contribution in [-0.2, 0) is 6.54 Å². The van der Waals surface area contributed by atoms with Crippen molar-refractivity contribution in [1.29, 1.82) is 0 Å². The fraction of sp³-hybridized carbons (Fsp3) is 0.462. The molecule has 2 rings (SSSR count). The minimum Gasteiger partial charge on any atom is -0.305 e. The first-order valence-corrected chi connectivity index (χ1v) is 6.76. The molecule has 0 amide bonds. The van der Waals surface area contributed by atoms with Crippen molar-refractivity contribution < 1.29 is 0 Å². The van der Waals surface area contributed by atoms with Crippen LogP contribution in [0.2, 0.25) is 0 Å². The highest BCUT2D eigenvalue weighted by atomic mass is 32.1. The average Bonchev–Trinajstić information content (AvgIpc) is 2.89. The van der Waals surface area contributed by atoms with Crippen molar-refractivity contribution >= 4 is 11.3 Å². The molecule has 0 radical (unpaired) electrons. The molecular formula is C13H19N3S. The summed E-state index contributed by atoms with van der Waals surface area (Å²) in [6, 6.07) is 7.15. The maximum absolute atomic E-state index is 4.22. The van der Waals surface area contributed by atoms with Gasteiger partial charge < -0.3 is 5.32 Å². The number of hydrogen-bond donors (Lipinski definition) is 1. The molecule has 1 N–H and O–H groups in total. The van der Waals surface area contributed by atoms with Crippen molar-refractivity contribution in [2.45, 2.75) is 39.4 Å². The average molecular weight is 249 g/mol. The lowest BCUT2D eigenvalue weighted by Gasteiger charge is -2.19. The molecule has 0 aliphatic heterocycles. The van der Waals surface area contributed by atoms with Crippen LogP contribution in [0.1, 0.15) is 29.6 Å². The topological polar surface area (TPSA) is 29.9 Å². The lowest BCUT2D eigenvalue weighted by atomic mass is 10.2. The third-order valence-electron chi connectivity index (χ3n) is 2.74. The van der Waals surface area contributed by atoms with Gasteiger partial charge in [-0.25, -0.2) is 0 Å². The number of thiophene rings is 1. The Labute approximate surface area is 106 Å². The Balaban J connectivity index is 1.88. The molecule has 0 fully saturated rings. The van der Waals surface area contributed by atoms with Gasteiger partial charge in [0.15, 0.2) is 0 Å². The molecule has 2 heterocycles. The Morgan fingerprint density at radius 3 is 2.82 bits per heavy atom. The van der Waals surface area contributed by atoms with Gasteiger partial charge in [-0.1, -0.05) is 0 Å². The predicted octanol–water partition coefficient (Wildman–Crippen LogP) is 2.99. The summed E-state index contributed by atoms with van der Waals surface area (Å²) in [5, 5.41) is 7.82. The van der Waals surface area contributed by atoms with Crippen LogP contribution in [0.25, 0.3) is 0 Å². The van der Waals surface area contributed by atoms with Crippen LogP contribution in [-0.4, -0.2) is 15.8 Å². The summed E-state index contributed by atoms with van der Waals surface area (Å²) in [5.74, 6) is 0. The SMILES string of the molecule is Cc1ccc(C(C)NC(C)Cn2cccn2)s1. The first kappa shape index (κ1) is 12.3. The third-order valence-corrected chi connectivity index (χ3v) is 3.93. The standard InChI is InChI=1S/C13H19N3S/c1-10(9-16-8-4-7-14-16)15-12(3)13-6-5-11(2)17-13/h4-8,10,12,15H,9H2,1-3H3. The molecule has 0 saturated heterocycles. The van der Waals surface area contributed by atoms with Crippen LogP contribution in [0.3, 0.4) is 0 Å². The van der Waals surface area contributed by atoms with Crippen molar-refractivity contribution in [3.8, 4) is 0 Å². The summed E-state index contributed by atoms with van der Waals surface area (Å²) in [6.07, 6.45) is 3.82. The summed E-state index contributed by atoms with van der Waals surface area (Å²) in [5.41, 5.74) is 0. The molecule has 2 aromatic rings. The smallest absolute Gasteiger partial charge is 0.0560 e. The first-order chi connectivity index (χ1) is 8.15. The van der Waals surface area contributed by atoms with E-state index in [2.05, 4.69) is 43.3 Å². The highest BCUT2D eigenvalue weighted by Gasteiger charge is 2.11. The second-order valence-electron chi connectivity index (χ2n) is 4.47. The molecule has 17 heavy (non-hydrogen) atoms. The van der Waals surface area contributed by atoms with Crippen molar-refractivity contribution in [1.82, 2.24) is 15.1 Å². The fourth-order valence-electron chi connectivity index (χ4n) is 1.94. The lowest BCUT2D eigenvalue weighted by Crippen LogP contribution is -2.32. The Morgan fingerprint density at radius 1 is 1.41 bits per heavy atom. The van der Waals surface area contributed by atoms with Crippen LogP contribution in [0.5, 0.6) is 0 Å². The number of nitrogens with zero attached hydrogens (tertiary/aromatic N) is 2. The molecule has 2 atom stereocenters. The second-order valence-corrected chi connectivity index (χ2v) is 5.79. The van der Waals surface area contributed by atoms with E-state index in [9.17, 15) is 0 Å².